The summed E-state index contributed by atoms with van der Waals surface area (Å²) in [4.78, 5) is 36.2. The normalized spacial score (nSPS) is 16.0. The van der Waals surface area contributed by atoms with E-state index in [0.717, 1.165) is 10.6 Å². The van der Waals surface area contributed by atoms with Gasteiger partial charge in [-0.3, -0.25) is 20.1 Å². The number of carbonyl (C=O) groups excluding carboxylic acids is 2. The number of urea groups is 1. The van der Waals surface area contributed by atoms with Crippen LogP contribution in [0.4, 0.5) is 10.6 Å². The minimum Gasteiger partial charge on any atom is -0.354 e. The summed E-state index contributed by atoms with van der Waals surface area (Å²) in [5.74, 6) is 0.627. The first-order valence-corrected chi connectivity index (χ1v) is 8.52. The molecule has 2 aromatic rings. The maximum atomic E-state index is 12.1. The quantitative estimate of drug-likeness (QED) is 0.769. The molecule has 0 aliphatic carbocycles. The lowest BCUT2D eigenvalue weighted by molar-refractivity contribution is 0.0958. The number of carbonyl (C=O) groups is 2. The summed E-state index contributed by atoms with van der Waals surface area (Å²) in [7, 11) is 1.52. The highest BCUT2D eigenvalue weighted by atomic mass is 32.2. The molecule has 2 aromatic heterocycles. The molecule has 3 heterocycles. The van der Waals surface area contributed by atoms with Crippen LogP contribution in [0.5, 0.6) is 0 Å². The number of nitrogens with one attached hydrogen (secondary N) is 3. The molecule has 3 N–H and O–H groups in total. The summed E-state index contributed by atoms with van der Waals surface area (Å²) in [6.45, 7) is 0. The smallest absolute Gasteiger partial charge is 0.322 e. The third-order valence-electron chi connectivity index (χ3n) is 3.33. The van der Waals surface area contributed by atoms with Gasteiger partial charge in [0.15, 0.2) is 0 Å². The number of anilines is 1. The topological polar surface area (TPSA) is 108 Å². The van der Waals surface area contributed by atoms with E-state index < -0.39 is 6.03 Å². The van der Waals surface area contributed by atoms with E-state index in [-0.39, 0.29) is 17.8 Å². The van der Waals surface area contributed by atoms with Gasteiger partial charge in [0, 0.05) is 30.8 Å². The Morgan fingerprint density at radius 2 is 2.00 bits per heavy atom. The summed E-state index contributed by atoms with van der Waals surface area (Å²) in [6.07, 6.45) is 3.09. The van der Waals surface area contributed by atoms with E-state index in [1.807, 2.05) is 12.1 Å². The highest BCUT2D eigenvalue weighted by Gasteiger charge is 2.21. The van der Waals surface area contributed by atoms with Crippen LogP contribution in [0.15, 0.2) is 47.7 Å². The van der Waals surface area contributed by atoms with E-state index in [1.54, 1.807) is 42.4 Å². The number of nitrogens with zero attached hydrogens (tertiary/aromatic N) is 3. The first-order valence-electron chi connectivity index (χ1n) is 7.53. The van der Waals surface area contributed by atoms with Gasteiger partial charge in [0.05, 0.1) is 0 Å². The molecule has 0 aromatic carbocycles. The molecule has 0 saturated carbocycles. The monoisotopic (exact) mass is 356 g/mol. The zero-order valence-electron chi connectivity index (χ0n) is 13.4. The van der Waals surface area contributed by atoms with Gasteiger partial charge in [-0.15, -0.1) is 11.8 Å². The van der Waals surface area contributed by atoms with Gasteiger partial charge in [-0.25, -0.2) is 9.78 Å². The fraction of sp³-hybridized carbons (Fsp3) is 0.188. The molecular formula is C16H16N6O2S. The molecule has 0 bridgehead atoms. The molecule has 0 spiro atoms. The molecule has 128 valence electrons. The van der Waals surface area contributed by atoms with Crippen molar-refractivity contribution in [3.05, 3.63) is 54.0 Å². The average Bonchev–Trinajstić information content (AvgIpc) is 3.10. The molecule has 0 fully saturated rings. The summed E-state index contributed by atoms with van der Waals surface area (Å²) in [5.41, 5.74) is 1.21. The standard InChI is InChI=1S/C16H16N6O2S/c1-17-14(23)11-3-2-4-12(19-11)21-16(24)22-13-9-25-15(20-13)10-5-7-18-8-6-10/h2-8,13H,9H2,1H3,(H,17,23)(H2,19,21,22,24). The van der Waals surface area contributed by atoms with E-state index in [4.69, 9.17) is 0 Å². The van der Waals surface area contributed by atoms with Crippen LogP contribution in [-0.4, -0.2) is 45.9 Å². The molecule has 0 radical (unpaired) electrons. The van der Waals surface area contributed by atoms with Crippen molar-refractivity contribution in [2.24, 2.45) is 4.99 Å². The van der Waals surface area contributed by atoms with Gasteiger partial charge in [0.25, 0.3) is 5.91 Å². The number of pyridine rings is 2. The lowest BCUT2D eigenvalue weighted by Gasteiger charge is -2.10. The number of aliphatic imine (C=N–C) groups is 1. The second-order valence-electron chi connectivity index (χ2n) is 5.08. The van der Waals surface area contributed by atoms with Crippen molar-refractivity contribution in [3.63, 3.8) is 0 Å². The van der Waals surface area contributed by atoms with Gasteiger partial charge in [0.2, 0.25) is 0 Å². The van der Waals surface area contributed by atoms with Crippen LogP contribution in [0.2, 0.25) is 0 Å². The van der Waals surface area contributed by atoms with Crippen LogP contribution < -0.4 is 16.0 Å². The lowest BCUT2D eigenvalue weighted by atomic mass is 10.3. The van der Waals surface area contributed by atoms with Crippen LogP contribution >= 0.6 is 11.8 Å². The van der Waals surface area contributed by atoms with E-state index in [2.05, 4.69) is 30.9 Å². The average molecular weight is 356 g/mol. The third kappa shape index (κ3) is 4.32. The number of rotatable bonds is 4. The van der Waals surface area contributed by atoms with Crippen molar-refractivity contribution in [1.82, 2.24) is 20.6 Å². The fourth-order valence-electron chi connectivity index (χ4n) is 2.16. The van der Waals surface area contributed by atoms with Crippen molar-refractivity contribution in [3.8, 4) is 0 Å². The van der Waals surface area contributed by atoms with Crippen LogP contribution in [0.25, 0.3) is 0 Å². The number of hydrogen-bond acceptors (Lipinski definition) is 6. The van der Waals surface area contributed by atoms with Crippen molar-refractivity contribution in [2.45, 2.75) is 6.17 Å². The van der Waals surface area contributed by atoms with Gasteiger partial charge in [-0.1, -0.05) is 6.07 Å². The third-order valence-corrected chi connectivity index (χ3v) is 4.42. The molecule has 3 amide bonds. The van der Waals surface area contributed by atoms with Crippen LogP contribution in [0.1, 0.15) is 16.1 Å². The lowest BCUT2D eigenvalue weighted by Crippen LogP contribution is -2.37. The van der Waals surface area contributed by atoms with Gasteiger partial charge in [-0.2, -0.15) is 0 Å². The highest BCUT2D eigenvalue weighted by Crippen LogP contribution is 2.21. The SMILES string of the molecule is CNC(=O)c1cccc(NC(=O)NC2CSC(c3ccncc3)=N2)n1. The Hall–Kier alpha value is -2.94. The summed E-state index contributed by atoms with van der Waals surface area (Å²) in [6, 6.07) is 8.16. The van der Waals surface area contributed by atoms with Crippen molar-refractivity contribution < 1.29 is 9.59 Å². The molecule has 1 aliphatic heterocycles. The van der Waals surface area contributed by atoms with E-state index >= 15 is 0 Å². The van der Waals surface area contributed by atoms with Crippen molar-refractivity contribution in [2.75, 3.05) is 18.1 Å². The van der Waals surface area contributed by atoms with Crippen LogP contribution in [0.3, 0.4) is 0 Å². The van der Waals surface area contributed by atoms with Gasteiger partial charge in [0.1, 0.15) is 22.7 Å². The van der Waals surface area contributed by atoms with Gasteiger partial charge in [-0.05, 0) is 24.3 Å². The van der Waals surface area contributed by atoms with Crippen LogP contribution in [-0.2, 0) is 0 Å². The predicted molar refractivity (Wildman–Crippen MR) is 96.8 cm³/mol. The minimum atomic E-state index is -0.424. The molecule has 8 nitrogen and oxygen atoms in total. The first kappa shape index (κ1) is 16.9. The predicted octanol–water partition coefficient (Wildman–Crippen LogP) is 1.48. The summed E-state index contributed by atoms with van der Waals surface area (Å²) in [5, 5.41) is 8.74. The molecule has 1 aliphatic rings. The molecule has 0 saturated heterocycles. The maximum absolute atomic E-state index is 12.1. The Morgan fingerprint density at radius 3 is 2.76 bits per heavy atom. The Labute approximate surface area is 148 Å². The van der Waals surface area contributed by atoms with E-state index in [1.165, 1.54) is 7.05 Å². The zero-order chi connectivity index (χ0) is 17.6. The van der Waals surface area contributed by atoms with E-state index in [9.17, 15) is 9.59 Å². The highest BCUT2D eigenvalue weighted by molar-refractivity contribution is 8.14. The summed E-state index contributed by atoms with van der Waals surface area (Å²) >= 11 is 1.57. The molecule has 1 unspecified atom stereocenters. The Kier molecular flexibility index (Phi) is 5.24. The number of aromatic nitrogens is 2. The Balaban J connectivity index is 1.60. The number of thioether (sulfide) groups is 1. The zero-order valence-corrected chi connectivity index (χ0v) is 14.2. The maximum Gasteiger partial charge on any atom is 0.322 e. The van der Waals surface area contributed by atoms with Crippen molar-refractivity contribution in [1.29, 1.82) is 0 Å². The Morgan fingerprint density at radius 1 is 1.20 bits per heavy atom. The molecule has 3 rings (SSSR count). The Bertz CT molecular complexity index is 811. The molecule has 25 heavy (non-hydrogen) atoms. The molecular weight excluding hydrogens is 340 g/mol. The first-order chi connectivity index (χ1) is 12.2. The molecule has 9 heteroatoms. The largest absolute Gasteiger partial charge is 0.354 e. The molecule has 1 atom stereocenters. The number of hydrogen-bond donors (Lipinski definition) is 3. The second kappa shape index (κ2) is 7.75. The van der Waals surface area contributed by atoms with Crippen LogP contribution in [0, 0.1) is 0 Å². The summed E-state index contributed by atoms with van der Waals surface area (Å²) < 4.78 is 0. The van der Waals surface area contributed by atoms with Gasteiger partial charge >= 0.3 is 6.03 Å². The minimum absolute atomic E-state index is 0.231. The fourth-order valence-corrected chi connectivity index (χ4v) is 3.14. The van der Waals surface area contributed by atoms with Gasteiger partial charge < -0.3 is 10.6 Å². The van der Waals surface area contributed by atoms with E-state index in [0.29, 0.717) is 11.6 Å². The number of amides is 3. The van der Waals surface area contributed by atoms with Crippen molar-refractivity contribution >= 4 is 34.6 Å². The second-order valence-corrected chi connectivity index (χ2v) is 6.09.